The Bertz CT molecular complexity index is 1300. The largest absolute Gasteiger partial charge is 0.446 e. The Morgan fingerprint density at radius 2 is 1.64 bits per heavy atom. The van der Waals surface area contributed by atoms with Gasteiger partial charge in [-0.25, -0.2) is 9.59 Å². The Morgan fingerprint density at radius 1 is 0.960 bits per heavy atom. The van der Waals surface area contributed by atoms with Gasteiger partial charge in [0.15, 0.2) is 0 Å². The number of ether oxygens (including phenoxy) is 3. The lowest BCUT2D eigenvalue weighted by molar-refractivity contribution is -0.182. The van der Waals surface area contributed by atoms with Crippen molar-refractivity contribution in [2.45, 2.75) is 150 Å². The lowest BCUT2D eigenvalue weighted by atomic mass is 9.41. The summed E-state index contributed by atoms with van der Waals surface area (Å²) in [5, 5.41) is 15.4. The molecule has 0 bridgehead atoms. The molecule has 5 saturated carbocycles. The number of rotatable bonds is 10. The number of nitrogens with zero attached hydrogens (tertiary/aromatic N) is 2. The number of aliphatic hydroxyl groups is 1. The molecule has 7 unspecified atom stereocenters. The molecule has 5 aliphatic carbocycles. The van der Waals surface area contributed by atoms with Gasteiger partial charge in [0.05, 0.1) is 18.2 Å². The van der Waals surface area contributed by atoms with E-state index < -0.39 is 0 Å². The van der Waals surface area contributed by atoms with Gasteiger partial charge in [0.1, 0.15) is 12.2 Å². The van der Waals surface area contributed by atoms with Crippen LogP contribution in [0.25, 0.3) is 0 Å². The maximum absolute atomic E-state index is 13.0. The average Bonchev–Trinajstić information content (AvgIpc) is 3.63. The first-order valence-corrected chi connectivity index (χ1v) is 20.4. The van der Waals surface area contributed by atoms with Crippen LogP contribution in [0.5, 0.6) is 0 Å². The molecule has 7 fully saturated rings. The number of hydrogen-bond acceptors (Lipinski definition) is 7. The fourth-order valence-electron chi connectivity index (χ4n) is 14.0. The zero-order valence-corrected chi connectivity index (χ0v) is 32.8. The Labute approximate surface area is 302 Å². The van der Waals surface area contributed by atoms with Gasteiger partial charge < -0.3 is 29.5 Å². The third-order valence-corrected chi connectivity index (χ3v) is 17.1. The molecule has 0 radical (unpaired) electrons. The van der Waals surface area contributed by atoms with E-state index in [0.29, 0.717) is 29.1 Å². The molecule has 2 N–H and O–H groups in total. The van der Waals surface area contributed by atoms with Crippen molar-refractivity contribution in [2.75, 3.05) is 39.8 Å². The van der Waals surface area contributed by atoms with E-state index in [4.69, 9.17) is 14.2 Å². The molecule has 0 aromatic carbocycles. The molecular weight excluding hydrogens is 630 g/mol. The lowest BCUT2D eigenvalue weighted by Crippen LogP contribution is -2.61. The second-order valence-electron chi connectivity index (χ2n) is 19.6. The van der Waals surface area contributed by atoms with Crippen LogP contribution >= 0.6 is 0 Å². The van der Waals surface area contributed by atoms with Crippen molar-refractivity contribution in [1.29, 1.82) is 0 Å². The highest BCUT2D eigenvalue weighted by molar-refractivity contribution is 5.69. The van der Waals surface area contributed by atoms with Gasteiger partial charge in [-0.3, -0.25) is 4.90 Å². The summed E-state index contributed by atoms with van der Waals surface area (Å²) in [6.45, 7) is 22.9. The van der Waals surface area contributed by atoms with E-state index in [1.807, 2.05) is 0 Å². The monoisotopic (exact) mass is 700 g/mol. The van der Waals surface area contributed by atoms with Crippen LogP contribution in [0.2, 0.25) is 0 Å². The standard InChI is InChI=1S/C41H69N3O6/c1-10-43-22-27(23-43)42-35(46)49-33-14-15-40-24-41(40)17-16-38(7)28(21-32(45)39(38,8)31(41)13-12-30(40)37(33,5)6)26(4)20-29(48-9)34(25(2)3)50-36(47)44-18-11-19-44/h25-34,45H,10-24H2,1-9H3,(H,42,46)/t26-,28-,29?,30+,31?,32+,33?,34?,38?,39-,40?,41?/m1/s1. The minimum atomic E-state index is -0.325. The zero-order chi connectivity index (χ0) is 36.0. The van der Waals surface area contributed by atoms with Crippen LogP contribution < -0.4 is 5.32 Å². The number of carbonyl (C=O) groups is 2. The van der Waals surface area contributed by atoms with Crippen molar-refractivity contribution < 1.29 is 28.9 Å². The predicted molar refractivity (Wildman–Crippen MR) is 193 cm³/mol. The molecule has 0 aromatic heterocycles. The van der Waals surface area contributed by atoms with Crippen LogP contribution in [0.4, 0.5) is 9.59 Å². The first-order chi connectivity index (χ1) is 23.6. The van der Waals surface area contributed by atoms with Crippen LogP contribution in [0.3, 0.4) is 0 Å². The Hall–Kier alpha value is -1.58. The third kappa shape index (κ3) is 5.30. The second-order valence-corrected chi connectivity index (χ2v) is 19.6. The van der Waals surface area contributed by atoms with E-state index in [9.17, 15) is 14.7 Å². The number of fused-ring (bicyclic) bond motifs is 2. The molecule has 2 aliphatic heterocycles. The van der Waals surface area contributed by atoms with E-state index in [2.05, 4.69) is 65.6 Å². The van der Waals surface area contributed by atoms with E-state index in [1.165, 1.54) is 12.8 Å². The lowest BCUT2D eigenvalue weighted by Gasteiger charge is -2.64. The maximum Gasteiger partial charge on any atom is 0.410 e. The average molecular weight is 700 g/mol. The predicted octanol–water partition coefficient (Wildman–Crippen LogP) is 7.10. The molecule has 7 aliphatic rings. The quantitative estimate of drug-likeness (QED) is 0.251. The van der Waals surface area contributed by atoms with Crippen molar-refractivity contribution in [3.05, 3.63) is 0 Å². The topological polar surface area (TPSA) is 101 Å². The zero-order valence-electron chi connectivity index (χ0n) is 32.8. The summed E-state index contributed by atoms with van der Waals surface area (Å²) in [7, 11) is 1.76. The number of likely N-dealkylation sites (tertiary alicyclic amines) is 2. The maximum atomic E-state index is 13.0. The summed E-state index contributed by atoms with van der Waals surface area (Å²) in [5.74, 6) is 1.90. The van der Waals surface area contributed by atoms with Gasteiger partial charge >= 0.3 is 12.2 Å². The van der Waals surface area contributed by atoms with Crippen molar-refractivity contribution in [3.8, 4) is 0 Å². The fraction of sp³-hybridized carbons (Fsp3) is 0.951. The molecule has 2 spiro atoms. The highest BCUT2D eigenvalue weighted by Crippen LogP contribution is 2.89. The van der Waals surface area contributed by atoms with Gasteiger partial charge in [-0.05, 0) is 117 Å². The van der Waals surface area contributed by atoms with Gasteiger partial charge in [-0.15, -0.1) is 0 Å². The summed E-state index contributed by atoms with van der Waals surface area (Å²) in [6.07, 6.45) is 9.41. The van der Waals surface area contributed by atoms with Gasteiger partial charge in [-0.1, -0.05) is 55.4 Å². The summed E-state index contributed by atoms with van der Waals surface area (Å²) in [5.41, 5.74) is 0.390. The van der Waals surface area contributed by atoms with E-state index in [1.54, 1.807) is 12.0 Å². The fourth-order valence-corrected chi connectivity index (χ4v) is 14.0. The van der Waals surface area contributed by atoms with E-state index in [-0.39, 0.29) is 70.2 Å². The second kappa shape index (κ2) is 12.8. The number of likely N-dealkylation sites (N-methyl/N-ethyl adjacent to an activating group) is 1. The van der Waals surface area contributed by atoms with Crippen molar-refractivity contribution >= 4 is 12.2 Å². The van der Waals surface area contributed by atoms with Crippen LogP contribution in [0.1, 0.15) is 120 Å². The normalized spacial score (nSPS) is 43.6. The highest BCUT2D eigenvalue weighted by Gasteiger charge is 2.83. The summed E-state index contributed by atoms with van der Waals surface area (Å²) >= 11 is 0. The molecule has 2 heterocycles. The number of amides is 2. The minimum Gasteiger partial charge on any atom is -0.446 e. The first kappa shape index (κ1) is 36.8. The van der Waals surface area contributed by atoms with Crippen molar-refractivity contribution in [1.82, 2.24) is 15.1 Å². The summed E-state index contributed by atoms with van der Waals surface area (Å²) < 4.78 is 18.5. The Kier molecular flexibility index (Phi) is 9.40. The van der Waals surface area contributed by atoms with Crippen LogP contribution in [-0.2, 0) is 14.2 Å². The number of aliphatic hydroxyl groups excluding tert-OH is 1. The van der Waals surface area contributed by atoms with E-state index in [0.717, 1.165) is 84.1 Å². The van der Waals surface area contributed by atoms with Gasteiger partial charge in [-0.2, -0.15) is 0 Å². The van der Waals surface area contributed by atoms with Gasteiger partial charge in [0.2, 0.25) is 0 Å². The number of alkyl carbamates (subject to hydrolysis) is 1. The smallest absolute Gasteiger partial charge is 0.410 e. The molecule has 9 heteroatoms. The summed E-state index contributed by atoms with van der Waals surface area (Å²) in [6, 6.07) is 0.203. The van der Waals surface area contributed by atoms with Gasteiger partial charge in [0.25, 0.3) is 0 Å². The van der Waals surface area contributed by atoms with E-state index >= 15 is 0 Å². The van der Waals surface area contributed by atoms with Crippen LogP contribution in [-0.4, -0.2) is 97.4 Å². The molecule has 50 heavy (non-hydrogen) atoms. The molecular formula is C41H69N3O6. The van der Waals surface area contributed by atoms with Gasteiger partial charge in [0, 0.05) is 44.1 Å². The Morgan fingerprint density at radius 3 is 2.26 bits per heavy atom. The number of hydrogen-bond donors (Lipinski definition) is 2. The van der Waals surface area contributed by atoms with Crippen LogP contribution in [0, 0.1) is 56.7 Å². The molecule has 284 valence electrons. The molecule has 12 atom stereocenters. The number of carbonyl (C=O) groups excluding carboxylic acids is 2. The third-order valence-electron chi connectivity index (χ3n) is 17.1. The van der Waals surface area contributed by atoms with Crippen molar-refractivity contribution in [3.63, 3.8) is 0 Å². The molecule has 2 saturated heterocycles. The number of methoxy groups -OCH3 is 1. The van der Waals surface area contributed by atoms with Crippen molar-refractivity contribution in [2.24, 2.45) is 56.7 Å². The molecule has 7 rings (SSSR count). The van der Waals surface area contributed by atoms with Crippen LogP contribution in [0.15, 0.2) is 0 Å². The Balaban J connectivity index is 1.04. The molecule has 2 amide bonds. The first-order valence-electron chi connectivity index (χ1n) is 20.4. The molecule has 0 aromatic rings. The summed E-state index contributed by atoms with van der Waals surface area (Å²) in [4.78, 5) is 30.0. The SMILES string of the molecule is CCN1CC(NC(=O)OC2CCC34CC35CCC3(C)[C@@H]([C@H](C)CC(OC)C(OC(=O)N6CCC6)C(C)C)C[C@H](O)[C@@]3(C)C5CC[C@H]4C2(C)C)C1. The highest BCUT2D eigenvalue weighted by atomic mass is 16.6. The minimum absolute atomic E-state index is 0.0289. The molecule has 9 nitrogen and oxygen atoms in total. The number of nitrogens with one attached hydrogen (secondary N) is 1.